The monoisotopic (exact) mass is 296 g/mol. The van der Waals surface area contributed by atoms with Crippen LogP contribution in [-0.2, 0) is 10.8 Å². The summed E-state index contributed by atoms with van der Waals surface area (Å²) >= 11 is 0. The third kappa shape index (κ3) is 3.36. The van der Waals surface area contributed by atoms with Crippen LogP contribution >= 0.6 is 0 Å². The number of aromatic carboxylic acids is 1. The second-order valence-corrected chi connectivity index (χ2v) is 6.30. The van der Waals surface area contributed by atoms with Crippen LogP contribution in [0.1, 0.15) is 15.9 Å². The number of carboxylic acid groups (broad SMARTS) is 1. The lowest BCUT2D eigenvalue weighted by atomic mass is 10.1. The molecule has 6 nitrogen and oxygen atoms in total. The maximum atomic E-state index is 12.0. The Balaban J connectivity index is 2.06. The van der Waals surface area contributed by atoms with Crippen LogP contribution in [-0.4, -0.2) is 50.8 Å². The molecule has 2 N–H and O–H groups in total. The van der Waals surface area contributed by atoms with Crippen molar-refractivity contribution in [3.8, 4) is 0 Å². The fourth-order valence-electron chi connectivity index (χ4n) is 1.97. The van der Waals surface area contributed by atoms with Crippen LogP contribution in [0.15, 0.2) is 18.2 Å². The minimum Gasteiger partial charge on any atom is -0.478 e. The lowest BCUT2D eigenvalue weighted by Crippen LogP contribution is -2.44. The van der Waals surface area contributed by atoms with Crippen molar-refractivity contribution in [2.45, 2.75) is 6.92 Å². The van der Waals surface area contributed by atoms with Gasteiger partial charge in [0.25, 0.3) is 0 Å². The van der Waals surface area contributed by atoms with Gasteiger partial charge in [0.2, 0.25) is 0 Å². The Bertz CT molecular complexity index is 563. The molecule has 0 bridgehead atoms. The van der Waals surface area contributed by atoms with E-state index in [1.807, 2.05) is 0 Å². The highest BCUT2D eigenvalue weighted by Gasteiger charge is 2.20. The van der Waals surface area contributed by atoms with Gasteiger partial charge < -0.3 is 15.3 Å². The molecule has 1 saturated heterocycles. The van der Waals surface area contributed by atoms with Gasteiger partial charge in [-0.2, -0.15) is 0 Å². The lowest BCUT2D eigenvalue weighted by molar-refractivity contribution is 0.0696. The Labute approximate surface area is 119 Å². The summed E-state index contributed by atoms with van der Waals surface area (Å²) in [5, 5.41) is 11.7. The van der Waals surface area contributed by atoms with Gasteiger partial charge >= 0.3 is 12.0 Å². The van der Waals surface area contributed by atoms with Gasteiger partial charge in [0.15, 0.2) is 0 Å². The van der Waals surface area contributed by atoms with Gasteiger partial charge in [0.05, 0.1) is 5.56 Å². The maximum absolute atomic E-state index is 12.0. The average molecular weight is 296 g/mol. The van der Waals surface area contributed by atoms with Gasteiger partial charge in [-0.1, -0.05) is 6.07 Å². The Morgan fingerprint density at radius 1 is 1.30 bits per heavy atom. The number of aryl methyl sites for hydroxylation is 1. The Kier molecular flexibility index (Phi) is 4.39. The van der Waals surface area contributed by atoms with Gasteiger partial charge in [-0.25, -0.2) is 9.59 Å². The number of rotatable bonds is 2. The molecule has 1 fully saturated rings. The number of carbonyl (C=O) groups excluding carboxylic acids is 1. The number of anilines is 1. The van der Waals surface area contributed by atoms with Crippen molar-refractivity contribution < 1.29 is 18.9 Å². The third-order valence-electron chi connectivity index (χ3n) is 3.18. The van der Waals surface area contributed by atoms with E-state index in [4.69, 9.17) is 5.11 Å². The van der Waals surface area contributed by atoms with E-state index in [1.165, 1.54) is 6.07 Å². The molecule has 0 atom stereocenters. The van der Waals surface area contributed by atoms with Crippen molar-refractivity contribution in [1.82, 2.24) is 4.90 Å². The molecule has 1 heterocycles. The summed E-state index contributed by atoms with van der Waals surface area (Å²) in [6.45, 7) is 2.61. The van der Waals surface area contributed by atoms with Crippen molar-refractivity contribution in [3.05, 3.63) is 29.3 Å². The number of hydrogen-bond donors (Lipinski definition) is 2. The highest BCUT2D eigenvalue weighted by molar-refractivity contribution is 7.85. The van der Waals surface area contributed by atoms with E-state index in [9.17, 15) is 13.8 Å². The zero-order chi connectivity index (χ0) is 14.7. The summed E-state index contributed by atoms with van der Waals surface area (Å²) in [4.78, 5) is 24.6. The average Bonchev–Trinajstić information content (AvgIpc) is 2.41. The van der Waals surface area contributed by atoms with Crippen molar-refractivity contribution in [2.24, 2.45) is 0 Å². The first-order valence-electron chi connectivity index (χ1n) is 6.22. The SMILES string of the molecule is Cc1ccc(NC(=O)N2CCS(=O)CC2)cc1C(=O)O. The van der Waals surface area contributed by atoms with Gasteiger partial charge in [-0.3, -0.25) is 4.21 Å². The van der Waals surface area contributed by atoms with Crippen LogP contribution in [0.25, 0.3) is 0 Å². The number of amides is 2. The van der Waals surface area contributed by atoms with Crippen LogP contribution in [0.5, 0.6) is 0 Å². The Hall–Kier alpha value is -1.89. The van der Waals surface area contributed by atoms with Crippen LogP contribution in [0.3, 0.4) is 0 Å². The predicted molar refractivity (Wildman–Crippen MR) is 76.6 cm³/mol. The molecule has 0 spiro atoms. The summed E-state index contributed by atoms with van der Waals surface area (Å²) in [5.74, 6) is -0.0457. The lowest BCUT2D eigenvalue weighted by Gasteiger charge is -2.26. The molecule has 1 aliphatic rings. The summed E-state index contributed by atoms with van der Waals surface area (Å²) in [5.41, 5.74) is 1.26. The van der Waals surface area contributed by atoms with Crippen LogP contribution in [0, 0.1) is 6.92 Å². The number of nitrogens with zero attached hydrogens (tertiary/aromatic N) is 1. The van der Waals surface area contributed by atoms with Crippen LogP contribution < -0.4 is 5.32 Å². The first kappa shape index (κ1) is 14.5. The number of carboxylic acids is 1. The number of nitrogens with one attached hydrogen (secondary N) is 1. The smallest absolute Gasteiger partial charge is 0.336 e. The first-order valence-corrected chi connectivity index (χ1v) is 7.71. The van der Waals surface area contributed by atoms with Crippen LogP contribution in [0.2, 0.25) is 0 Å². The molecule has 2 amide bonds. The Morgan fingerprint density at radius 2 is 1.95 bits per heavy atom. The van der Waals surface area contributed by atoms with Crippen molar-refractivity contribution >= 4 is 28.5 Å². The Morgan fingerprint density at radius 3 is 2.55 bits per heavy atom. The van der Waals surface area contributed by atoms with E-state index in [0.717, 1.165) is 0 Å². The molecule has 7 heteroatoms. The summed E-state index contributed by atoms with van der Waals surface area (Å²) in [7, 11) is -0.836. The molecular formula is C13H16N2O4S. The number of benzene rings is 1. The van der Waals surface area contributed by atoms with E-state index in [2.05, 4.69) is 5.32 Å². The maximum Gasteiger partial charge on any atom is 0.336 e. The van der Waals surface area contributed by atoms with E-state index in [0.29, 0.717) is 35.8 Å². The van der Waals surface area contributed by atoms with E-state index >= 15 is 0 Å². The quantitative estimate of drug-likeness (QED) is 0.861. The number of hydrogen-bond acceptors (Lipinski definition) is 3. The van der Waals surface area contributed by atoms with Gasteiger partial charge in [-0.15, -0.1) is 0 Å². The van der Waals surface area contributed by atoms with Gasteiger partial charge in [-0.05, 0) is 24.6 Å². The van der Waals surface area contributed by atoms with Gasteiger partial charge in [0.1, 0.15) is 0 Å². The minimum atomic E-state index is -1.02. The summed E-state index contributed by atoms with van der Waals surface area (Å²) in [6, 6.07) is 4.48. The largest absolute Gasteiger partial charge is 0.478 e. The number of carbonyl (C=O) groups is 2. The van der Waals surface area contributed by atoms with E-state index in [1.54, 1.807) is 24.0 Å². The molecule has 0 aromatic heterocycles. The fourth-order valence-corrected chi connectivity index (χ4v) is 3.03. The zero-order valence-corrected chi connectivity index (χ0v) is 11.9. The molecule has 1 aromatic rings. The molecule has 2 rings (SSSR count). The minimum absolute atomic E-state index is 0.169. The molecule has 0 unspecified atom stereocenters. The molecule has 1 aromatic carbocycles. The van der Waals surface area contributed by atoms with E-state index < -0.39 is 16.8 Å². The zero-order valence-electron chi connectivity index (χ0n) is 11.1. The van der Waals surface area contributed by atoms with Crippen molar-refractivity contribution in [2.75, 3.05) is 29.9 Å². The van der Waals surface area contributed by atoms with E-state index in [-0.39, 0.29) is 11.6 Å². The van der Waals surface area contributed by atoms with Crippen molar-refractivity contribution in [3.63, 3.8) is 0 Å². The van der Waals surface area contributed by atoms with Crippen molar-refractivity contribution in [1.29, 1.82) is 0 Å². The second kappa shape index (κ2) is 6.04. The molecule has 0 saturated carbocycles. The molecule has 0 radical (unpaired) electrons. The highest BCUT2D eigenvalue weighted by Crippen LogP contribution is 2.16. The highest BCUT2D eigenvalue weighted by atomic mass is 32.2. The topological polar surface area (TPSA) is 86.7 Å². The second-order valence-electron chi connectivity index (χ2n) is 4.60. The van der Waals surface area contributed by atoms with Crippen LogP contribution in [0.4, 0.5) is 10.5 Å². The first-order chi connectivity index (χ1) is 9.47. The predicted octanol–water partition coefficient (Wildman–Crippen LogP) is 1.29. The molecule has 0 aliphatic carbocycles. The molecular weight excluding hydrogens is 280 g/mol. The molecule has 1 aliphatic heterocycles. The fraction of sp³-hybridized carbons (Fsp3) is 0.385. The standard InChI is InChI=1S/C13H16N2O4S/c1-9-2-3-10(8-11(9)12(16)17)14-13(18)15-4-6-20(19)7-5-15/h2-3,8H,4-7H2,1H3,(H,14,18)(H,16,17). The summed E-state index contributed by atoms with van der Waals surface area (Å²) < 4.78 is 11.2. The third-order valence-corrected chi connectivity index (χ3v) is 4.46. The molecule has 20 heavy (non-hydrogen) atoms. The molecule has 108 valence electrons. The van der Waals surface area contributed by atoms with Gasteiger partial charge in [0, 0.05) is 41.1 Å². The summed E-state index contributed by atoms with van der Waals surface area (Å²) in [6.07, 6.45) is 0. The normalized spacial score (nSPS) is 15.9. The number of urea groups is 1.